The van der Waals surface area contributed by atoms with Crippen molar-refractivity contribution in [3.63, 3.8) is 0 Å². The van der Waals surface area contributed by atoms with Gasteiger partial charge in [0.1, 0.15) is 23.9 Å². The second kappa shape index (κ2) is 5.51. The van der Waals surface area contributed by atoms with Gasteiger partial charge in [0.25, 0.3) is 5.56 Å². The van der Waals surface area contributed by atoms with E-state index in [2.05, 4.69) is 4.98 Å². The maximum absolute atomic E-state index is 12.0. The summed E-state index contributed by atoms with van der Waals surface area (Å²) in [6.45, 7) is 0.949. The fourth-order valence-electron chi connectivity index (χ4n) is 3.39. The second-order valence-electron chi connectivity index (χ2n) is 5.82. The molecule has 23 heavy (non-hydrogen) atoms. The number of nitrogens with one attached hydrogen (secondary N) is 1. The maximum atomic E-state index is 12.0. The molecule has 2 saturated heterocycles. The minimum atomic E-state index is -1.41. The van der Waals surface area contributed by atoms with Gasteiger partial charge >= 0.3 is 5.69 Å². The Kier molecular flexibility index (Phi) is 3.91. The van der Waals surface area contributed by atoms with E-state index in [1.54, 1.807) is 0 Å². The molecule has 128 valence electrons. The summed E-state index contributed by atoms with van der Waals surface area (Å²) in [6, 6.07) is 0. The number of aromatic amines is 1. The Bertz CT molecular complexity index is 704. The van der Waals surface area contributed by atoms with Gasteiger partial charge in [-0.05, 0) is 6.92 Å². The van der Waals surface area contributed by atoms with Gasteiger partial charge in [0, 0.05) is 18.8 Å². The highest BCUT2D eigenvalue weighted by molar-refractivity contribution is 5.14. The van der Waals surface area contributed by atoms with Gasteiger partial charge in [-0.15, -0.1) is 0 Å². The summed E-state index contributed by atoms with van der Waals surface area (Å²) < 4.78 is 6.66. The Balaban J connectivity index is 2.09. The Morgan fingerprint density at radius 2 is 2.13 bits per heavy atom. The Labute approximate surface area is 130 Å². The van der Waals surface area contributed by atoms with E-state index in [1.165, 1.54) is 25.2 Å². The van der Waals surface area contributed by atoms with Gasteiger partial charge in [-0.2, -0.15) is 5.06 Å². The molecule has 2 aliphatic rings. The molecule has 0 aliphatic carbocycles. The minimum Gasteiger partial charge on any atom is -0.394 e. The molecule has 0 saturated carbocycles. The lowest BCUT2D eigenvalue weighted by Gasteiger charge is -2.37. The summed E-state index contributed by atoms with van der Waals surface area (Å²) in [7, 11) is 1.51. The predicted octanol–water partition coefficient (Wildman–Crippen LogP) is -2.93. The molecule has 0 amide bonds. The molecular weight excluding hydrogens is 310 g/mol. The maximum Gasteiger partial charge on any atom is 0.330 e. The summed E-state index contributed by atoms with van der Waals surface area (Å²) in [4.78, 5) is 30.9. The van der Waals surface area contributed by atoms with E-state index in [9.17, 15) is 24.9 Å². The van der Waals surface area contributed by atoms with Gasteiger partial charge in [-0.25, -0.2) is 4.79 Å². The summed E-state index contributed by atoms with van der Waals surface area (Å²) in [5.74, 6) is 0. The third kappa shape index (κ3) is 2.11. The second-order valence-corrected chi connectivity index (χ2v) is 5.82. The van der Waals surface area contributed by atoms with E-state index < -0.39 is 47.9 Å². The largest absolute Gasteiger partial charge is 0.394 e. The van der Waals surface area contributed by atoms with Crippen molar-refractivity contribution in [2.45, 2.75) is 37.0 Å². The zero-order chi connectivity index (χ0) is 16.9. The number of nitrogens with zero attached hydrogens (tertiary/aromatic N) is 2. The first kappa shape index (κ1) is 16.3. The van der Waals surface area contributed by atoms with Crippen LogP contribution in [0.3, 0.4) is 0 Å². The lowest BCUT2D eigenvalue weighted by molar-refractivity contribution is -0.183. The number of aryl methyl sites for hydroxylation is 1. The molecule has 10 heteroatoms. The molecule has 0 unspecified atom stereocenters. The molecule has 0 radical (unpaired) electrons. The molecule has 5 atom stereocenters. The van der Waals surface area contributed by atoms with Gasteiger partial charge in [0.2, 0.25) is 0 Å². The van der Waals surface area contributed by atoms with E-state index in [0.29, 0.717) is 0 Å². The number of aromatic nitrogens is 2. The Hall–Kier alpha value is -1.56. The molecule has 1 spiro atoms. The van der Waals surface area contributed by atoms with Crippen molar-refractivity contribution in [2.24, 2.45) is 0 Å². The van der Waals surface area contributed by atoms with E-state index in [-0.39, 0.29) is 12.2 Å². The van der Waals surface area contributed by atoms with Crippen molar-refractivity contribution in [1.82, 2.24) is 14.6 Å². The third-order valence-electron chi connectivity index (χ3n) is 4.65. The summed E-state index contributed by atoms with van der Waals surface area (Å²) in [5, 5.41) is 31.9. The smallest absolute Gasteiger partial charge is 0.330 e. The van der Waals surface area contributed by atoms with Crippen molar-refractivity contribution in [3.8, 4) is 0 Å². The monoisotopic (exact) mass is 329 g/mol. The number of rotatable bonds is 2. The molecule has 10 nitrogen and oxygen atoms in total. The zero-order valence-corrected chi connectivity index (χ0v) is 12.7. The van der Waals surface area contributed by atoms with Crippen molar-refractivity contribution >= 4 is 0 Å². The van der Waals surface area contributed by atoms with Crippen LogP contribution in [0.4, 0.5) is 0 Å². The van der Waals surface area contributed by atoms with Gasteiger partial charge in [-0.1, -0.05) is 0 Å². The van der Waals surface area contributed by atoms with Gasteiger partial charge in [-0.3, -0.25) is 19.2 Å². The van der Waals surface area contributed by atoms with Crippen LogP contribution in [0.1, 0.15) is 11.8 Å². The van der Waals surface area contributed by atoms with E-state index in [4.69, 9.17) is 9.57 Å². The van der Waals surface area contributed by atoms with Crippen LogP contribution >= 0.6 is 0 Å². The number of H-pyrrole nitrogens is 1. The lowest BCUT2D eigenvalue weighted by Crippen LogP contribution is -2.62. The van der Waals surface area contributed by atoms with E-state index in [0.717, 1.165) is 4.57 Å². The Morgan fingerprint density at radius 3 is 2.70 bits per heavy atom. The van der Waals surface area contributed by atoms with Crippen LogP contribution in [0.25, 0.3) is 0 Å². The standard InChI is InChI=1S/C13H19N3O7/c1-6-3-16(12(21)14-10(6)20)11-9(19)13(8(4-17)23-11)7(18)5-22-15(13)2/h3,7-9,11,17-19H,4-5H2,1-2H3,(H,14,20,21)/t7-,8+,9-,11+,13-/m0/s1. The molecule has 3 rings (SSSR count). The van der Waals surface area contributed by atoms with Crippen LogP contribution in [-0.4, -0.2) is 74.0 Å². The van der Waals surface area contributed by atoms with Gasteiger partial charge in [0.15, 0.2) is 6.23 Å². The fourth-order valence-corrected chi connectivity index (χ4v) is 3.39. The molecule has 0 aromatic carbocycles. The molecule has 2 fully saturated rings. The quantitative estimate of drug-likeness (QED) is 0.453. The van der Waals surface area contributed by atoms with Crippen molar-refractivity contribution < 1.29 is 24.9 Å². The molecular formula is C13H19N3O7. The topological polar surface area (TPSA) is 137 Å². The number of hydroxylamine groups is 2. The minimum absolute atomic E-state index is 0.0698. The van der Waals surface area contributed by atoms with E-state index in [1.807, 2.05) is 0 Å². The fraction of sp³-hybridized carbons (Fsp3) is 0.692. The van der Waals surface area contributed by atoms with Crippen LogP contribution < -0.4 is 11.2 Å². The number of aliphatic hydroxyl groups excluding tert-OH is 3. The molecule has 3 heterocycles. The average Bonchev–Trinajstić information content (AvgIpc) is 2.97. The van der Waals surface area contributed by atoms with Gasteiger partial charge < -0.3 is 20.1 Å². The van der Waals surface area contributed by atoms with Crippen LogP contribution in [0.15, 0.2) is 15.8 Å². The first-order valence-corrected chi connectivity index (χ1v) is 7.15. The Morgan fingerprint density at radius 1 is 1.43 bits per heavy atom. The van der Waals surface area contributed by atoms with Crippen LogP contribution in [0, 0.1) is 6.92 Å². The normalized spacial score (nSPS) is 37.8. The first-order chi connectivity index (χ1) is 10.8. The van der Waals surface area contributed by atoms with Crippen molar-refractivity contribution in [1.29, 1.82) is 0 Å². The highest BCUT2D eigenvalue weighted by Gasteiger charge is 2.66. The number of likely N-dealkylation sites (N-methyl/N-ethyl adjacent to an activating group) is 1. The van der Waals surface area contributed by atoms with Crippen molar-refractivity contribution in [3.05, 3.63) is 32.6 Å². The molecule has 1 aromatic rings. The highest BCUT2D eigenvalue weighted by Crippen LogP contribution is 2.45. The summed E-state index contributed by atoms with van der Waals surface area (Å²) in [6.07, 6.45) is -3.39. The molecule has 4 N–H and O–H groups in total. The third-order valence-corrected chi connectivity index (χ3v) is 4.65. The summed E-state index contributed by atoms with van der Waals surface area (Å²) in [5.41, 5.74) is -2.44. The number of hydrogen-bond acceptors (Lipinski definition) is 8. The zero-order valence-electron chi connectivity index (χ0n) is 12.7. The number of hydrogen-bond donors (Lipinski definition) is 4. The molecule has 2 aliphatic heterocycles. The van der Waals surface area contributed by atoms with Crippen LogP contribution in [-0.2, 0) is 9.57 Å². The van der Waals surface area contributed by atoms with Crippen LogP contribution in [0.2, 0.25) is 0 Å². The highest BCUT2D eigenvalue weighted by atomic mass is 16.7. The SMILES string of the molecule is Cc1cn([C@@H]2O[C@H](CO)[C@@]3([C@@H](O)CON3C)[C@H]2O)c(=O)[nH]c1=O. The average molecular weight is 329 g/mol. The molecule has 0 bridgehead atoms. The summed E-state index contributed by atoms with van der Waals surface area (Å²) >= 11 is 0. The molecule has 1 aromatic heterocycles. The number of ether oxygens (including phenoxy) is 1. The lowest BCUT2D eigenvalue weighted by atomic mass is 9.83. The van der Waals surface area contributed by atoms with Crippen molar-refractivity contribution in [2.75, 3.05) is 20.3 Å². The van der Waals surface area contributed by atoms with Crippen LogP contribution in [0.5, 0.6) is 0 Å². The predicted molar refractivity (Wildman–Crippen MR) is 75.5 cm³/mol. The van der Waals surface area contributed by atoms with Gasteiger partial charge in [0.05, 0.1) is 13.2 Å². The first-order valence-electron chi connectivity index (χ1n) is 7.15. The number of aliphatic hydroxyl groups is 3. The van der Waals surface area contributed by atoms with E-state index >= 15 is 0 Å².